The second-order valence-electron chi connectivity index (χ2n) is 3.59. The average Bonchev–Trinajstić information content (AvgIpc) is 2.14. The van der Waals surface area contributed by atoms with Crippen LogP contribution in [0.3, 0.4) is 0 Å². The molecule has 1 aliphatic carbocycles. The smallest absolute Gasteiger partial charge is 0.0246 e. The molecule has 12 heavy (non-hydrogen) atoms. The predicted molar refractivity (Wildman–Crippen MR) is 56.9 cm³/mol. The van der Waals surface area contributed by atoms with Crippen molar-refractivity contribution in [1.29, 1.82) is 0 Å². The van der Waals surface area contributed by atoms with E-state index in [1.165, 1.54) is 44.9 Å². The van der Waals surface area contributed by atoms with Gasteiger partial charge in [-0.2, -0.15) is 0 Å². The summed E-state index contributed by atoms with van der Waals surface area (Å²) in [5.74, 6) is 0. The Bertz CT molecular complexity index is 100. The summed E-state index contributed by atoms with van der Waals surface area (Å²) in [5.41, 5.74) is 0. The van der Waals surface area contributed by atoms with E-state index in [4.69, 9.17) is 5.32 Å². The summed E-state index contributed by atoms with van der Waals surface area (Å²) in [6, 6.07) is 0.717. The lowest BCUT2D eigenvalue weighted by Crippen LogP contribution is -2.25. The van der Waals surface area contributed by atoms with Gasteiger partial charge in [0, 0.05) is 17.9 Å². The van der Waals surface area contributed by atoms with E-state index in [-0.39, 0.29) is 0 Å². The fourth-order valence-electron chi connectivity index (χ4n) is 1.74. The van der Waals surface area contributed by atoms with Crippen molar-refractivity contribution in [3.63, 3.8) is 0 Å². The highest BCUT2D eigenvalue weighted by Crippen LogP contribution is 2.18. The quantitative estimate of drug-likeness (QED) is 0.511. The molecular formula is C10H19BrN. The molecule has 1 nitrogen and oxygen atoms in total. The number of alkyl halides is 1. The van der Waals surface area contributed by atoms with Crippen LogP contribution >= 0.6 is 15.9 Å². The lowest BCUT2D eigenvalue weighted by Gasteiger charge is -2.20. The molecule has 0 bridgehead atoms. The Kier molecular flexibility index (Phi) is 6.05. The lowest BCUT2D eigenvalue weighted by molar-refractivity contribution is 0.366. The van der Waals surface area contributed by atoms with Gasteiger partial charge < -0.3 is 0 Å². The van der Waals surface area contributed by atoms with E-state index in [0.717, 1.165) is 11.9 Å². The summed E-state index contributed by atoms with van der Waals surface area (Å²) in [6.45, 7) is 1.09. The molecule has 0 aromatic carbocycles. The summed E-state index contributed by atoms with van der Waals surface area (Å²) < 4.78 is 0. The van der Waals surface area contributed by atoms with Crippen LogP contribution in [-0.4, -0.2) is 17.9 Å². The van der Waals surface area contributed by atoms with Crippen molar-refractivity contribution in [1.82, 2.24) is 5.32 Å². The molecule has 1 radical (unpaired) electrons. The number of hydrogen-bond acceptors (Lipinski definition) is 0. The molecule has 0 unspecified atom stereocenters. The minimum absolute atomic E-state index is 0.717. The van der Waals surface area contributed by atoms with Gasteiger partial charge in [-0.15, -0.1) is 0 Å². The maximum Gasteiger partial charge on any atom is 0.0246 e. The van der Waals surface area contributed by atoms with Crippen LogP contribution in [-0.2, 0) is 0 Å². The zero-order valence-corrected chi connectivity index (χ0v) is 9.35. The van der Waals surface area contributed by atoms with Crippen LogP contribution in [0, 0.1) is 0 Å². The van der Waals surface area contributed by atoms with Crippen LogP contribution in [0.15, 0.2) is 0 Å². The SMILES string of the molecule is BrCCCC[N]C1CCCCC1. The van der Waals surface area contributed by atoms with Gasteiger partial charge >= 0.3 is 0 Å². The molecule has 1 rings (SSSR count). The monoisotopic (exact) mass is 232 g/mol. The highest BCUT2D eigenvalue weighted by Gasteiger charge is 2.12. The van der Waals surface area contributed by atoms with Gasteiger partial charge in [-0.25, -0.2) is 5.32 Å². The minimum atomic E-state index is 0.717. The van der Waals surface area contributed by atoms with Crippen molar-refractivity contribution in [2.75, 3.05) is 11.9 Å². The molecule has 0 aliphatic heterocycles. The Balaban J connectivity index is 1.91. The number of nitrogens with zero attached hydrogens (tertiary/aromatic N) is 1. The molecule has 0 spiro atoms. The highest BCUT2D eigenvalue weighted by molar-refractivity contribution is 9.09. The van der Waals surface area contributed by atoms with Gasteiger partial charge in [-0.05, 0) is 25.7 Å². The minimum Gasteiger partial charge on any atom is -0.238 e. The van der Waals surface area contributed by atoms with Gasteiger partial charge in [0.15, 0.2) is 0 Å². The largest absolute Gasteiger partial charge is 0.238 e. The van der Waals surface area contributed by atoms with E-state index in [2.05, 4.69) is 15.9 Å². The van der Waals surface area contributed by atoms with Crippen molar-refractivity contribution in [2.24, 2.45) is 0 Å². The fraction of sp³-hybridized carbons (Fsp3) is 1.00. The van der Waals surface area contributed by atoms with Crippen molar-refractivity contribution < 1.29 is 0 Å². The molecule has 0 heterocycles. The standard InChI is InChI=1S/C10H19BrN/c11-8-4-5-9-12-10-6-2-1-3-7-10/h10H,1-9H2. The van der Waals surface area contributed by atoms with E-state index in [1.807, 2.05) is 0 Å². The van der Waals surface area contributed by atoms with Gasteiger partial charge in [0.25, 0.3) is 0 Å². The average molecular weight is 233 g/mol. The molecule has 0 N–H and O–H groups in total. The van der Waals surface area contributed by atoms with Gasteiger partial charge in [0.2, 0.25) is 0 Å². The zero-order chi connectivity index (χ0) is 8.65. The third-order valence-corrected chi connectivity index (χ3v) is 3.06. The number of unbranched alkanes of at least 4 members (excludes halogenated alkanes) is 1. The van der Waals surface area contributed by atoms with Crippen LogP contribution in [0.4, 0.5) is 0 Å². The predicted octanol–water partition coefficient (Wildman–Crippen LogP) is 3.10. The molecule has 0 saturated heterocycles. The van der Waals surface area contributed by atoms with Crippen LogP contribution in [0.2, 0.25) is 0 Å². The molecule has 0 amide bonds. The first-order chi connectivity index (χ1) is 5.93. The Morgan fingerprint density at radius 3 is 2.50 bits per heavy atom. The summed E-state index contributed by atoms with van der Waals surface area (Å²) in [6.07, 6.45) is 9.51. The number of hydrogen-bond donors (Lipinski definition) is 0. The molecule has 0 atom stereocenters. The summed E-state index contributed by atoms with van der Waals surface area (Å²) in [7, 11) is 0. The molecule has 71 valence electrons. The maximum atomic E-state index is 4.70. The molecule has 1 fully saturated rings. The van der Waals surface area contributed by atoms with Gasteiger partial charge in [-0.1, -0.05) is 35.2 Å². The first-order valence-electron chi connectivity index (χ1n) is 5.16. The highest BCUT2D eigenvalue weighted by atomic mass is 79.9. The van der Waals surface area contributed by atoms with Crippen molar-refractivity contribution in [2.45, 2.75) is 51.0 Å². The molecular weight excluding hydrogens is 214 g/mol. The van der Waals surface area contributed by atoms with Crippen molar-refractivity contribution in [3.05, 3.63) is 0 Å². The van der Waals surface area contributed by atoms with Gasteiger partial charge in [0.1, 0.15) is 0 Å². The Hall–Kier alpha value is 0.440. The lowest BCUT2D eigenvalue weighted by atomic mass is 9.95. The third-order valence-electron chi connectivity index (χ3n) is 2.50. The summed E-state index contributed by atoms with van der Waals surface area (Å²) in [4.78, 5) is 0. The van der Waals surface area contributed by atoms with Crippen LogP contribution in [0.1, 0.15) is 44.9 Å². The fourth-order valence-corrected chi connectivity index (χ4v) is 2.14. The Morgan fingerprint density at radius 1 is 1.08 bits per heavy atom. The van der Waals surface area contributed by atoms with Crippen molar-refractivity contribution >= 4 is 15.9 Å². The van der Waals surface area contributed by atoms with Crippen LogP contribution in [0.25, 0.3) is 0 Å². The Labute approximate surface area is 84.4 Å². The topological polar surface area (TPSA) is 14.1 Å². The third kappa shape index (κ3) is 4.46. The van der Waals surface area contributed by atoms with Crippen LogP contribution in [0.5, 0.6) is 0 Å². The first-order valence-corrected chi connectivity index (χ1v) is 6.28. The Morgan fingerprint density at radius 2 is 1.83 bits per heavy atom. The van der Waals surface area contributed by atoms with Crippen molar-refractivity contribution in [3.8, 4) is 0 Å². The van der Waals surface area contributed by atoms with E-state index in [1.54, 1.807) is 0 Å². The second kappa shape index (κ2) is 6.90. The maximum absolute atomic E-state index is 4.70. The normalized spacial score (nSPS) is 19.8. The van der Waals surface area contributed by atoms with Gasteiger partial charge in [0.05, 0.1) is 0 Å². The summed E-state index contributed by atoms with van der Waals surface area (Å²) >= 11 is 3.43. The van der Waals surface area contributed by atoms with E-state index < -0.39 is 0 Å². The first kappa shape index (κ1) is 10.5. The van der Waals surface area contributed by atoms with E-state index in [9.17, 15) is 0 Å². The van der Waals surface area contributed by atoms with Gasteiger partial charge in [-0.3, -0.25) is 0 Å². The molecule has 2 heteroatoms. The number of rotatable bonds is 5. The molecule has 1 saturated carbocycles. The van der Waals surface area contributed by atoms with E-state index in [0.29, 0.717) is 6.04 Å². The molecule has 0 aromatic rings. The van der Waals surface area contributed by atoms with Crippen LogP contribution < -0.4 is 5.32 Å². The second-order valence-corrected chi connectivity index (χ2v) is 4.39. The number of halogens is 1. The molecule has 0 aromatic heterocycles. The molecule has 1 aliphatic rings. The zero-order valence-electron chi connectivity index (χ0n) is 7.77. The van der Waals surface area contributed by atoms with E-state index >= 15 is 0 Å². The summed E-state index contributed by atoms with van der Waals surface area (Å²) in [5, 5.41) is 5.83.